The quantitative estimate of drug-likeness (QED) is 0.811. The zero-order valence-electron chi connectivity index (χ0n) is 11.3. The third-order valence-electron chi connectivity index (χ3n) is 3.47. The summed E-state index contributed by atoms with van der Waals surface area (Å²) in [5.74, 6) is 0.215. The summed E-state index contributed by atoms with van der Waals surface area (Å²) in [6.45, 7) is 7.98. The number of ketones is 1. The molecular formula is C13H21ClN2O. The van der Waals surface area contributed by atoms with Crippen LogP contribution in [0.25, 0.3) is 0 Å². The van der Waals surface area contributed by atoms with Crippen molar-refractivity contribution < 1.29 is 4.79 Å². The van der Waals surface area contributed by atoms with Crippen LogP contribution in [0, 0.1) is 5.41 Å². The minimum Gasteiger partial charge on any atom is -0.299 e. The van der Waals surface area contributed by atoms with Gasteiger partial charge in [0.15, 0.2) is 0 Å². The van der Waals surface area contributed by atoms with Gasteiger partial charge in [-0.2, -0.15) is 5.10 Å². The molecule has 0 amide bonds. The van der Waals surface area contributed by atoms with Crippen LogP contribution in [0.2, 0.25) is 5.02 Å². The lowest BCUT2D eigenvalue weighted by Crippen LogP contribution is -2.26. The van der Waals surface area contributed by atoms with Crippen molar-refractivity contribution in [1.29, 1.82) is 0 Å². The first kappa shape index (κ1) is 14.2. The fraction of sp³-hybridized carbons (Fsp3) is 0.692. The lowest BCUT2D eigenvalue weighted by molar-refractivity contribution is -0.126. The van der Waals surface area contributed by atoms with Gasteiger partial charge >= 0.3 is 0 Å². The van der Waals surface area contributed by atoms with E-state index in [0.29, 0.717) is 11.4 Å². The predicted molar refractivity (Wildman–Crippen MR) is 70.4 cm³/mol. The first-order chi connectivity index (χ1) is 7.83. The summed E-state index contributed by atoms with van der Waals surface area (Å²) in [7, 11) is 1.84. The van der Waals surface area contributed by atoms with Gasteiger partial charge in [0.25, 0.3) is 0 Å². The first-order valence-corrected chi connectivity index (χ1v) is 6.44. The van der Waals surface area contributed by atoms with Crippen LogP contribution in [0.1, 0.15) is 45.5 Å². The van der Waals surface area contributed by atoms with E-state index >= 15 is 0 Å². The Hall–Kier alpha value is -0.830. The fourth-order valence-corrected chi connectivity index (χ4v) is 1.96. The summed E-state index contributed by atoms with van der Waals surface area (Å²) in [6.07, 6.45) is 1.99. The van der Waals surface area contributed by atoms with Gasteiger partial charge in [0.1, 0.15) is 5.78 Å². The molecule has 1 aromatic rings. The maximum atomic E-state index is 12.2. The first-order valence-electron chi connectivity index (χ1n) is 6.07. The van der Waals surface area contributed by atoms with Gasteiger partial charge < -0.3 is 0 Å². The van der Waals surface area contributed by atoms with Gasteiger partial charge in [-0.05, 0) is 12.8 Å². The second-order valence-corrected chi connectivity index (χ2v) is 5.40. The third kappa shape index (κ3) is 2.89. The molecule has 4 heteroatoms. The molecule has 0 saturated carbocycles. The van der Waals surface area contributed by atoms with E-state index in [1.807, 2.05) is 34.7 Å². The van der Waals surface area contributed by atoms with Gasteiger partial charge in [-0.15, -0.1) is 0 Å². The van der Waals surface area contributed by atoms with Crippen LogP contribution in [-0.2, 0) is 24.7 Å². The lowest BCUT2D eigenvalue weighted by atomic mass is 9.83. The van der Waals surface area contributed by atoms with Crippen LogP contribution < -0.4 is 0 Å². The van der Waals surface area contributed by atoms with Crippen molar-refractivity contribution in [3.05, 3.63) is 16.4 Å². The Morgan fingerprint density at radius 3 is 2.41 bits per heavy atom. The average molecular weight is 257 g/mol. The number of Topliss-reactive ketones (excluding diaryl/α,β-unsaturated/α-hetero) is 1. The van der Waals surface area contributed by atoms with E-state index in [1.54, 1.807) is 4.68 Å². The summed E-state index contributed by atoms with van der Waals surface area (Å²) in [6, 6.07) is 0. The van der Waals surface area contributed by atoms with Crippen LogP contribution in [0.5, 0.6) is 0 Å². The molecule has 0 unspecified atom stereocenters. The molecule has 0 bridgehead atoms. The summed E-state index contributed by atoms with van der Waals surface area (Å²) in [5.41, 5.74) is 1.40. The molecule has 17 heavy (non-hydrogen) atoms. The number of carbonyl (C=O) groups excluding carboxylic acids is 1. The molecule has 0 aliphatic rings. The van der Waals surface area contributed by atoms with Crippen LogP contribution in [0.3, 0.4) is 0 Å². The SMILES string of the molecule is CCc1nn(C)c(CC(=O)C(C)(C)CC)c1Cl. The van der Waals surface area contributed by atoms with Crippen molar-refractivity contribution in [1.82, 2.24) is 9.78 Å². The standard InChI is InChI=1S/C13H21ClN2O/c1-6-9-12(14)10(16(5)15-9)8-11(17)13(3,4)7-2/h6-8H2,1-5H3. The Bertz CT molecular complexity index is 421. The number of halogens is 1. The van der Waals surface area contributed by atoms with E-state index in [9.17, 15) is 4.79 Å². The Morgan fingerprint density at radius 2 is 2.00 bits per heavy atom. The smallest absolute Gasteiger partial charge is 0.144 e. The van der Waals surface area contributed by atoms with Crippen molar-refractivity contribution in [3.63, 3.8) is 0 Å². The molecular weight excluding hydrogens is 236 g/mol. The lowest BCUT2D eigenvalue weighted by Gasteiger charge is -2.20. The van der Waals surface area contributed by atoms with Crippen molar-refractivity contribution in [3.8, 4) is 0 Å². The number of hydrogen-bond donors (Lipinski definition) is 0. The Labute approximate surface area is 108 Å². The van der Waals surface area contributed by atoms with Crippen LogP contribution in [0.15, 0.2) is 0 Å². The number of aryl methyl sites for hydroxylation is 2. The molecule has 0 radical (unpaired) electrons. The van der Waals surface area contributed by atoms with Crippen molar-refractivity contribution in [2.75, 3.05) is 0 Å². The summed E-state index contributed by atoms with van der Waals surface area (Å²) in [5, 5.41) is 4.97. The molecule has 96 valence electrons. The number of nitrogens with zero attached hydrogens (tertiary/aromatic N) is 2. The highest BCUT2D eigenvalue weighted by atomic mass is 35.5. The third-order valence-corrected chi connectivity index (χ3v) is 3.91. The number of aromatic nitrogens is 2. The molecule has 0 aliphatic carbocycles. The maximum Gasteiger partial charge on any atom is 0.144 e. The predicted octanol–water partition coefficient (Wildman–Crippen LogP) is 3.18. The molecule has 3 nitrogen and oxygen atoms in total. The van der Waals surface area contributed by atoms with E-state index in [0.717, 1.165) is 24.2 Å². The van der Waals surface area contributed by atoms with Gasteiger partial charge in [0, 0.05) is 12.5 Å². The largest absolute Gasteiger partial charge is 0.299 e. The van der Waals surface area contributed by atoms with Crippen molar-refractivity contribution >= 4 is 17.4 Å². The van der Waals surface area contributed by atoms with Gasteiger partial charge in [0.2, 0.25) is 0 Å². The van der Waals surface area contributed by atoms with Crippen molar-refractivity contribution in [2.24, 2.45) is 12.5 Å². The molecule has 1 heterocycles. The van der Waals surface area contributed by atoms with E-state index in [2.05, 4.69) is 5.10 Å². The van der Waals surface area contributed by atoms with Gasteiger partial charge in [0.05, 0.1) is 22.8 Å². The molecule has 0 aromatic carbocycles. The summed E-state index contributed by atoms with van der Waals surface area (Å²) >= 11 is 6.23. The minimum atomic E-state index is -0.292. The van der Waals surface area contributed by atoms with Crippen LogP contribution in [-0.4, -0.2) is 15.6 Å². The molecule has 1 aromatic heterocycles. The monoisotopic (exact) mass is 256 g/mol. The highest BCUT2D eigenvalue weighted by Gasteiger charge is 2.27. The Kier molecular flexibility index (Phi) is 4.36. The van der Waals surface area contributed by atoms with Crippen LogP contribution in [0.4, 0.5) is 0 Å². The number of hydrogen-bond acceptors (Lipinski definition) is 2. The highest BCUT2D eigenvalue weighted by Crippen LogP contribution is 2.27. The topological polar surface area (TPSA) is 34.9 Å². The normalized spacial score (nSPS) is 11.9. The minimum absolute atomic E-state index is 0.215. The molecule has 0 N–H and O–H groups in total. The molecule has 1 rings (SSSR count). The van der Waals surface area contributed by atoms with E-state index in [1.165, 1.54) is 0 Å². The van der Waals surface area contributed by atoms with Gasteiger partial charge in [-0.1, -0.05) is 39.3 Å². The van der Waals surface area contributed by atoms with E-state index in [-0.39, 0.29) is 11.2 Å². The number of carbonyl (C=O) groups is 1. The number of rotatable bonds is 5. The van der Waals surface area contributed by atoms with E-state index < -0.39 is 0 Å². The Morgan fingerprint density at radius 1 is 1.41 bits per heavy atom. The van der Waals surface area contributed by atoms with E-state index in [4.69, 9.17) is 11.6 Å². The van der Waals surface area contributed by atoms with Gasteiger partial charge in [-0.3, -0.25) is 9.48 Å². The van der Waals surface area contributed by atoms with Crippen LogP contribution >= 0.6 is 11.6 Å². The molecule has 0 saturated heterocycles. The second-order valence-electron chi connectivity index (χ2n) is 5.02. The zero-order chi connectivity index (χ0) is 13.2. The highest BCUT2D eigenvalue weighted by molar-refractivity contribution is 6.32. The average Bonchev–Trinajstić information content (AvgIpc) is 2.56. The summed E-state index contributed by atoms with van der Waals surface area (Å²) < 4.78 is 1.73. The zero-order valence-corrected chi connectivity index (χ0v) is 12.1. The molecule has 0 spiro atoms. The molecule has 0 atom stereocenters. The second kappa shape index (κ2) is 5.21. The van der Waals surface area contributed by atoms with Crippen molar-refractivity contribution in [2.45, 2.75) is 47.0 Å². The summed E-state index contributed by atoms with van der Waals surface area (Å²) in [4.78, 5) is 12.2. The Balaban J connectivity index is 2.97. The fourth-order valence-electron chi connectivity index (χ4n) is 1.60. The molecule has 0 fully saturated rings. The van der Waals surface area contributed by atoms with Gasteiger partial charge in [-0.25, -0.2) is 0 Å². The maximum absolute atomic E-state index is 12.2. The molecule has 0 aliphatic heterocycles.